The number of ether oxygens (including phenoxy) is 1. The van der Waals surface area contributed by atoms with Crippen molar-refractivity contribution < 1.29 is 14.6 Å². The van der Waals surface area contributed by atoms with Gasteiger partial charge in [-0.1, -0.05) is 13.3 Å². The normalized spacial score (nSPS) is 24.6. The fraction of sp³-hybridized carbons (Fsp3) is 0.923. The molecule has 0 saturated carbocycles. The van der Waals surface area contributed by atoms with E-state index in [2.05, 4.69) is 0 Å². The Bertz CT molecular complexity index is 251. The number of aliphatic carboxylic acids is 1. The molecule has 0 aromatic rings. The minimum absolute atomic E-state index is 0.198. The predicted molar refractivity (Wildman–Crippen MR) is 67.2 cm³/mol. The average Bonchev–Trinajstić information content (AvgIpc) is 2.30. The summed E-state index contributed by atoms with van der Waals surface area (Å²) in [6.07, 6.45) is 5.11. The molecular weight excluding hydrogens is 218 g/mol. The maximum atomic E-state index is 11.4. The molecule has 17 heavy (non-hydrogen) atoms. The summed E-state index contributed by atoms with van der Waals surface area (Å²) in [5.41, 5.74) is -0.768. The van der Waals surface area contributed by atoms with Crippen molar-refractivity contribution >= 4 is 5.97 Å². The summed E-state index contributed by atoms with van der Waals surface area (Å²) in [6.45, 7) is 5.35. The highest BCUT2D eigenvalue weighted by molar-refractivity contribution is 5.78. The molecule has 0 spiro atoms. The third-order valence-corrected chi connectivity index (χ3v) is 3.79. The van der Waals surface area contributed by atoms with Gasteiger partial charge < -0.3 is 9.84 Å². The van der Waals surface area contributed by atoms with Crippen molar-refractivity contribution in [2.75, 3.05) is 20.2 Å². The molecule has 0 aromatic carbocycles. The van der Waals surface area contributed by atoms with Gasteiger partial charge >= 0.3 is 5.97 Å². The highest BCUT2D eigenvalue weighted by atomic mass is 16.5. The summed E-state index contributed by atoms with van der Waals surface area (Å²) in [7, 11) is 1.89. The Morgan fingerprint density at radius 1 is 1.53 bits per heavy atom. The molecule has 100 valence electrons. The van der Waals surface area contributed by atoms with Crippen LogP contribution in [-0.4, -0.2) is 47.8 Å². The third-order valence-electron chi connectivity index (χ3n) is 3.79. The largest absolute Gasteiger partial charge is 0.480 e. The first-order valence-electron chi connectivity index (χ1n) is 6.57. The van der Waals surface area contributed by atoms with Crippen LogP contribution in [-0.2, 0) is 9.53 Å². The zero-order valence-electron chi connectivity index (χ0n) is 11.2. The molecule has 1 saturated heterocycles. The van der Waals surface area contributed by atoms with Gasteiger partial charge in [0.25, 0.3) is 0 Å². The molecule has 0 aliphatic carbocycles. The quantitative estimate of drug-likeness (QED) is 0.776. The number of carbonyl (C=O) groups is 1. The second kappa shape index (κ2) is 6.36. The molecule has 4 nitrogen and oxygen atoms in total. The lowest BCUT2D eigenvalue weighted by Gasteiger charge is -2.37. The summed E-state index contributed by atoms with van der Waals surface area (Å²) >= 11 is 0. The fourth-order valence-corrected chi connectivity index (χ4v) is 2.41. The van der Waals surface area contributed by atoms with Crippen LogP contribution in [0.2, 0.25) is 0 Å². The molecule has 1 heterocycles. The Morgan fingerprint density at radius 2 is 2.24 bits per heavy atom. The predicted octanol–water partition coefficient (Wildman–Crippen LogP) is 2.13. The molecule has 2 unspecified atom stereocenters. The van der Waals surface area contributed by atoms with Crippen LogP contribution >= 0.6 is 0 Å². The smallest absolute Gasteiger partial charge is 0.323 e. The summed E-state index contributed by atoms with van der Waals surface area (Å²) in [4.78, 5) is 13.4. The van der Waals surface area contributed by atoms with E-state index in [0.717, 1.165) is 25.9 Å². The Morgan fingerprint density at radius 3 is 2.71 bits per heavy atom. The number of nitrogens with zero attached hydrogens (tertiary/aromatic N) is 1. The molecule has 0 bridgehead atoms. The standard InChI is InChI=1S/C13H25NO3/c1-4-8-13(2,12(15)16)14(3)10-11-7-5-6-9-17-11/h11H,4-10H2,1-3H3,(H,15,16). The van der Waals surface area contributed by atoms with Gasteiger partial charge in [-0.05, 0) is 39.7 Å². The van der Waals surface area contributed by atoms with Crippen LogP contribution in [0.15, 0.2) is 0 Å². The maximum absolute atomic E-state index is 11.4. The summed E-state index contributed by atoms with van der Waals surface area (Å²) < 4.78 is 5.67. The van der Waals surface area contributed by atoms with Crippen molar-refractivity contribution in [3.8, 4) is 0 Å². The highest BCUT2D eigenvalue weighted by Gasteiger charge is 2.37. The lowest BCUT2D eigenvalue weighted by Crippen LogP contribution is -2.53. The Labute approximate surface area is 104 Å². The number of hydrogen-bond acceptors (Lipinski definition) is 3. The van der Waals surface area contributed by atoms with Crippen LogP contribution in [0.25, 0.3) is 0 Å². The molecule has 1 aliphatic rings. The molecular formula is C13H25NO3. The van der Waals surface area contributed by atoms with Crippen molar-refractivity contribution in [3.63, 3.8) is 0 Å². The minimum Gasteiger partial charge on any atom is -0.480 e. The third kappa shape index (κ3) is 3.68. The Balaban J connectivity index is 2.57. The second-order valence-corrected chi connectivity index (χ2v) is 5.20. The van der Waals surface area contributed by atoms with Gasteiger partial charge in [0.2, 0.25) is 0 Å². The van der Waals surface area contributed by atoms with Crippen molar-refractivity contribution in [2.24, 2.45) is 0 Å². The number of rotatable bonds is 6. The molecule has 4 heteroatoms. The molecule has 1 N–H and O–H groups in total. The van der Waals surface area contributed by atoms with Crippen LogP contribution in [0.3, 0.4) is 0 Å². The molecule has 1 rings (SSSR count). The van der Waals surface area contributed by atoms with Gasteiger partial charge in [-0.25, -0.2) is 0 Å². The van der Waals surface area contributed by atoms with E-state index in [4.69, 9.17) is 4.74 Å². The lowest BCUT2D eigenvalue weighted by molar-refractivity contribution is -0.151. The van der Waals surface area contributed by atoms with Crippen molar-refractivity contribution in [3.05, 3.63) is 0 Å². The molecule has 2 atom stereocenters. The second-order valence-electron chi connectivity index (χ2n) is 5.20. The van der Waals surface area contributed by atoms with Gasteiger partial charge in [0, 0.05) is 13.2 Å². The topological polar surface area (TPSA) is 49.8 Å². The number of hydrogen-bond donors (Lipinski definition) is 1. The van der Waals surface area contributed by atoms with E-state index in [-0.39, 0.29) is 6.10 Å². The van der Waals surface area contributed by atoms with Gasteiger partial charge in [-0.3, -0.25) is 9.69 Å². The summed E-state index contributed by atoms with van der Waals surface area (Å²) in [6, 6.07) is 0. The first-order valence-corrected chi connectivity index (χ1v) is 6.57. The van der Waals surface area contributed by atoms with E-state index in [1.807, 2.05) is 25.8 Å². The van der Waals surface area contributed by atoms with Crippen LogP contribution in [0, 0.1) is 0 Å². The van der Waals surface area contributed by atoms with Gasteiger partial charge in [0.05, 0.1) is 6.10 Å². The zero-order valence-corrected chi connectivity index (χ0v) is 11.2. The van der Waals surface area contributed by atoms with Gasteiger partial charge in [0.15, 0.2) is 0 Å². The van der Waals surface area contributed by atoms with Crippen LogP contribution in [0.5, 0.6) is 0 Å². The minimum atomic E-state index is -0.768. The first-order chi connectivity index (χ1) is 8.00. The fourth-order valence-electron chi connectivity index (χ4n) is 2.41. The van der Waals surface area contributed by atoms with E-state index >= 15 is 0 Å². The number of carboxylic acid groups (broad SMARTS) is 1. The van der Waals surface area contributed by atoms with E-state index in [1.165, 1.54) is 6.42 Å². The molecule has 0 aromatic heterocycles. The molecule has 1 aliphatic heterocycles. The number of carboxylic acids is 1. The summed E-state index contributed by atoms with van der Waals surface area (Å²) in [5.74, 6) is -0.738. The molecule has 1 fully saturated rings. The monoisotopic (exact) mass is 243 g/mol. The molecule has 0 amide bonds. The summed E-state index contributed by atoms with van der Waals surface area (Å²) in [5, 5.41) is 9.38. The van der Waals surface area contributed by atoms with Gasteiger partial charge in [-0.2, -0.15) is 0 Å². The Hall–Kier alpha value is -0.610. The lowest BCUT2D eigenvalue weighted by atomic mass is 9.93. The van der Waals surface area contributed by atoms with Crippen molar-refractivity contribution in [1.29, 1.82) is 0 Å². The SMILES string of the molecule is CCCC(C)(C(=O)O)N(C)CC1CCCCO1. The van der Waals surface area contributed by atoms with E-state index < -0.39 is 11.5 Å². The van der Waals surface area contributed by atoms with Gasteiger partial charge in [0.1, 0.15) is 5.54 Å². The highest BCUT2D eigenvalue weighted by Crippen LogP contribution is 2.23. The van der Waals surface area contributed by atoms with E-state index in [9.17, 15) is 9.90 Å². The van der Waals surface area contributed by atoms with Crippen molar-refractivity contribution in [1.82, 2.24) is 4.90 Å². The molecule has 0 radical (unpaired) electrons. The average molecular weight is 243 g/mol. The van der Waals surface area contributed by atoms with E-state index in [1.54, 1.807) is 0 Å². The van der Waals surface area contributed by atoms with E-state index in [0.29, 0.717) is 13.0 Å². The van der Waals surface area contributed by atoms with Crippen LogP contribution in [0.1, 0.15) is 46.0 Å². The van der Waals surface area contributed by atoms with Crippen LogP contribution < -0.4 is 0 Å². The van der Waals surface area contributed by atoms with Crippen LogP contribution in [0.4, 0.5) is 0 Å². The van der Waals surface area contributed by atoms with Crippen molar-refractivity contribution in [2.45, 2.75) is 57.6 Å². The van der Waals surface area contributed by atoms with Gasteiger partial charge in [-0.15, -0.1) is 0 Å². The number of likely N-dealkylation sites (N-methyl/N-ethyl adjacent to an activating group) is 1. The maximum Gasteiger partial charge on any atom is 0.323 e. The Kier molecular flexibility index (Phi) is 5.40. The first kappa shape index (κ1) is 14.5. The zero-order chi connectivity index (χ0) is 12.9.